The molecule has 4 heteroatoms. The zero-order chi connectivity index (χ0) is 16.2. The summed E-state index contributed by atoms with van der Waals surface area (Å²) in [5.41, 5.74) is 1.04. The van der Waals surface area contributed by atoms with Crippen molar-refractivity contribution in [1.82, 2.24) is 0 Å². The van der Waals surface area contributed by atoms with Gasteiger partial charge in [0.1, 0.15) is 26.2 Å². The number of hydrogen-bond donors (Lipinski definition) is 2. The van der Waals surface area contributed by atoms with Gasteiger partial charge in [-0.2, -0.15) is 0 Å². The smallest absolute Gasteiger partial charge is 0.282 e. The van der Waals surface area contributed by atoms with Gasteiger partial charge in [-0.1, -0.05) is 36.4 Å². The van der Waals surface area contributed by atoms with Crippen molar-refractivity contribution in [2.75, 3.05) is 51.2 Å². The van der Waals surface area contributed by atoms with Gasteiger partial charge in [0.25, 0.3) is 5.91 Å². The van der Waals surface area contributed by atoms with E-state index in [4.69, 9.17) is 0 Å². The number of nitrogens with one attached hydrogen (secondary N) is 2. The van der Waals surface area contributed by atoms with E-state index in [1.54, 1.807) is 4.90 Å². The van der Waals surface area contributed by atoms with Crippen LogP contribution in [-0.4, -0.2) is 52.2 Å². The maximum Gasteiger partial charge on any atom is 0.282 e. The summed E-state index contributed by atoms with van der Waals surface area (Å²) >= 11 is 0. The first-order valence-corrected chi connectivity index (χ1v) is 8.62. The van der Waals surface area contributed by atoms with Crippen molar-refractivity contribution in [2.24, 2.45) is 0 Å². The Bertz CT molecular complexity index is 672. The van der Waals surface area contributed by atoms with Crippen molar-refractivity contribution >= 4 is 22.4 Å². The van der Waals surface area contributed by atoms with E-state index < -0.39 is 0 Å². The Labute approximate surface area is 138 Å². The Morgan fingerprint density at radius 2 is 1.74 bits per heavy atom. The van der Waals surface area contributed by atoms with Crippen molar-refractivity contribution in [3.05, 3.63) is 42.5 Å². The maximum atomic E-state index is 12.9. The number of carbonyl (C=O) groups excluding carboxylic acids is 1. The average molecular weight is 313 g/mol. The van der Waals surface area contributed by atoms with Crippen LogP contribution in [0.3, 0.4) is 0 Å². The van der Waals surface area contributed by atoms with E-state index in [1.165, 1.54) is 10.3 Å². The molecule has 1 heterocycles. The zero-order valence-electron chi connectivity index (χ0n) is 14.1. The lowest BCUT2D eigenvalue weighted by molar-refractivity contribution is -1.000. The number of piperazine rings is 1. The minimum atomic E-state index is 0.235. The molecule has 1 fully saturated rings. The first kappa shape index (κ1) is 16.0. The number of anilines is 1. The van der Waals surface area contributed by atoms with E-state index in [2.05, 4.69) is 38.2 Å². The number of hydrogen-bond acceptors (Lipinski definition) is 1. The first-order chi connectivity index (χ1) is 11.2. The Morgan fingerprint density at radius 3 is 2.48 bits per heavy atom. The predicted octanol–water partition coefficient (Wildman–Crippen LogP) is -0.394. The maximum absolute atomic E-state index is 12.9. The number of benzene rings is 2. The predicted molar refractivity (Wildman–Crippen MR) is 94.2 cm³/mol. The van der Waals surface area contributed by atoms with Crippen LogP contribution in [0.1, 0.15) is 6.92 Å². The second kappa shape index (κ2) is 7.11. The molecule has 0 spiro atoms. The van der Waals surface area contributed by atoms with Gasteiger partial charge < -0.3 is 14.7 Å². The Morgan fingerprint density at radius 1 is 1.04 bits per heavy atom. The van der Waals surface area contributed by atoms with Gasteiger partial charge in [0, 0.05) is 11.9 Å². The molecule has 0 saturated carbocycles. The highest BCUT2D eigenvalue weighted by Crippen LogP contribution is 2.26. The summed E-state index contributed by atoms with van der Waals surface area (Å²) in [5.74, 6) is 0.235. The van der Waals surface area contributed by atoms with Gasteiger partial charge in [0.2, 0.25) is 0 Å². The van der Waals surface area contributed by atoms with Crippen LogP contribution in [0.15, 0.2) is 42.5 Å². The highest BCUT2D eigenvalue weighted by Gasteiger charge is 2.25. The molecule has 0 aromatic heterocycles. The van der Waals surface area contributed by atoms with E-state index >= 15 is 0 Å². The van der Waals surface area contributed by atoms with Gasteiger partial charge in [-0.25, -0.2) is 0 Å². The van der Waals surface area contributed by atoms with Crippen LogP contribution in [0.4, 0.5) is 5.69 Å². The highest BCUT2D eigenvalue weighted by molar-refractivity contribution is 6.03. The van der Waals surface area contributed by atoms with Gasteiger partial charge in [0.15, 0.2) is 6.54 Å². The second-order valence-electron chi connectivity index (χ2n) is 6.52. The lowest BCUT2D eigenvalue weighted by Gasteiger charge is -2.29. The fourth-order valence-electron chi connectivity index (χ4n) is 3.44. The molecule has 122 valence electrons. The number of quaternary nitrogens is 2. The van der Waals surface area contributed by atoms with Crippen molar-refractivity contribution in [2.45, 2.75) is 6.92 Å². The molecule has 1 aliphatic rings. The van der Waals surface area contributed by atoms with Gasteiger partial charge in [-0.3, -0.25) is 4.79 Å². The molecule has 4 nitrogen and oxygen atoms in total. The van der Waals surface area contributed by atoms with Crippen LogP contribution in [0.25, 0.3) is 10.8 Å². The lowest BCUT2D eigenvalue weighted by atomic mass is 10.1. The molecule has 0 atom stereocenters. The third-order valence-electron chi connectivity index (χ3n) is 4.89. The zero-order valence-corrected chi connectivity index (χ0v) is 14.1. The third-order valence-corrected chi connectivity index (χ3v) is 4.89. The number of carbonyl (C=O) groups is 1. The summed E-state index contributed by atoms with van der Waals surface area (Å²) < 4.78 is 0. The summed E-state index contributed by atoms with van der Waals surface area (Å²) in [7, 11) is 2.23. The molecule has 0 unspecified atom stereocenters. The van der Waals surface area contributed by atoms with Crippen molar-refractivity contribution < 1.29 is 14.6 Å². The molecular formula is C19H27N3O+2. The van der Waals surface area contributed by atoms with Crippen LogP contribution in [0, 0.1) is 0 Å². The molecule has 2 aromatic carbocycles. The Kier molecular flexibility index (Phi) is 4.94. The fraction of sp³-hybridized carbons (Fsp3) is 0.421. The normalized spacial score (nSPS) is 21.3. The largest absolute Gasteiger partial charge is 0.328 e. The number of nitrogens with zero attached hydrogens (tertiary/aromatic N) is 1. The van der Waals surface area contributed by atoms with E-state index in [0.29, 0.717) is 13.1 Å². The molecule has 0 bridgehead atoms. The topological polar surface area (TPSA) is 29.2 Å². The van der Waals surface area contributed by atoms with E-state index in [-0.39, 0.29) is 5.91 Å². The summed E-state index contributed by atoms with van der Waals surface area (Å²) in [6, 6.07) is 14.5. The minimum Gasteiger partial charge on any atom is -0.328 e. The number of fused-ring (bicyclic) bond motifs is 1. The molecule has 0 radical (unpaired) electrons. The van der Waals surface area contributed by atoms with Gasteiger partial charge in [-0.15, -0.1) is 0 Å². The molecule has 1 amide bonds. The molecule has 3 rings (SSSR count). The van der Waals surface area contributed by atoms with E-state index in [1.807, 2.05) is 23.1 Å². The van der Waals surface area contributed by atoms with Crippen LogP contribution >= 0.6 is 0 Å². The second-order valence-corrected chi connectivity index (χ2v) is 6.52. The van der Waals surface area contributed by atoms with Gasteiger partial charge >= 0.3 is 0 Å². The van der Waals surface area contributed by atoms with Gasteiger partial charge in [-0.05, 0) is 18.4 Å². The van der Waals surface area contributed by atoms with Crippen LogP contribution < -0.4 is 14.7 Å². The minimum absolute atomic E-state index is 0.235. The summed E-state index contributed by atoms with van der Waals surface area (Å²) in [5, 5.41) is 2.34. The van der Waals surface area contributed by atoms with E-state index in [0.717, 1.165) is 37.3 Å². The van der Waals surface area contributed by atoms with E-state index in [9.17, 15) is 4.79 Å². The van der Waals surface area contributed by atoms with Crippen LogP contribution in [0.2, 0.25) is 0 Å². The fourth-order valence-corrected chi connectivity index (χ4v) is 3.44. The quantitative estimate of drug-likeness (QED) is 0.791. The lowest BCUT2D eigenvalue weighted by Crippen LogP contribution is -3.27. The van der Waals surface area contributed by atoms with Crippen LogP contribution in [0.5, 0.6) is 0 Å². The number of amides is 1. The van der Waals surface area contributed by atoms with Crippen molar-refractivity contribution in [1.29, 1.82) is 0 Å². The SMILES string of the molecule is CCN(C(=O)C[NH+]1CC[NH+](C)CC1)c1cccc2ccccc12. The molecule has 1 saturated heterocycles. The molecule has 2 N–H and O–H groups in total. The Hall–Kier alpha value is -1.91. The third kappa shape index (κ3) is 3.54. The van der Waals surface area contributed by atoms with Crippen molar-refractivity contribution in [3.63, 3.8) is 0 Å². The molecule has 1 aliphatic heterocycles. The summed E-state index contributed by atoms with van der Waals surface area (Å²) in [6.07, 6.45) is 0. The molecule has 2 aromatic rings. The monoisotopic (exact) mass is 313 g/mol. The van der Waals surface area contributed by atoms with Gasteiger partial charge in [0.05, 0.1) is 12.7 Å². The number of rotatable bonds is 4. The number of likely N-dealkylation sites (N-methyl/N-ethyl adjacent to an activating group) is 2. The molecular weight excluding hydrogens is 286 g/mol. The first-order valence-electron chi connectivity index (χ1n) is 8.62. The highest BCUT2D eigenvalue weighted by atomic mass is 16.2. The standard InChI is InChI=1S/C19H25N3O/c1-3-22(19(23)15-21-13-11-20(2)12-14-21)18-10-6-8-16-7-4-5-9-17(16)18/h4-10H,3,11-15H2,1-2H3/p+2. The molecule has 0 aliphatic carbocycles. The summed E-state index contributed by atoms with van der Waals surface area (Å²) in [6.45, 7) is 7.86. The average Bonchev–Trinajstić information content (AvgIpc) is 2.58. The van der Waals surface area contributed by atoms with Crippen molar-refractivity contribution in [3.8, 4) is 0 Å². The van der Waals surface area contributed by atoms with Crippen LogP contribution in [-0.2, 0) is 4.79 Å². The molecule has 23 heavy (non-hydrogen) atoms. The Balaban J connectivity index is 1.79. The summed E-state index contributed by atoms with van der Waals surface area (Å²) in [4.78, 5) is 17.8.